The van der Waals surface area contributed by atoms with Crippen molar-refractivity contribution in [2.24, 2.45) is 7.05 Å². The molecule has 0 aliphatic rings. The zero-order valence-electron chi connectivity index (χ0n) is 9.20. The molecule has 0 saturated carbocycles. The van der Waals surface area contributed by atoms with E-state index in [1.165, 1.54) is 5.69 Å². The van der Waals surface area contributed by atoms with Crippen molar-refractivity contribution in [2.45, 2.75) is 26.6 Å². The summed E-state index contributed by atoms with van der Waals surface area (Å²) in [5, 5.41) is 4.20. The van der Waals surface area contributed by atoms with Crippen LogP contribution >= 0.6 is 0 Å². The van der Waals surface area contributed by atoms with Gasteiger partial charge in [-0.1, -0.05) is 19.6 Å². The Morgan fingerprint density at radius 1 is 1.46 bits per heavy atom. The van der Waals surface area contributed by atoms with Crippen LogP contribution < -0.4 is 4.57 Å². The van der Waals surface area contributed by atoms with Crippen molar-refractivity contribution in [3.63, 3.8) is 0 Å². The first-order chi connectivity index (χ1) is 5.95. The maximum absolute atomic E-state index is 4.20. The van der Waals surface area contributed by atoms with Gasteiger partial charge < -0.3 is 4.57 Å². The normalized spacial score (nSPS) is 11.8. The molecule has 0 atom stereocenters. The summed E-state index contributed by atoms with van der Waals surface area (Å²) in [6.45, 7) is 10.3. The first-order valence-corrected chi connectivity index (χ1v) is 8.16. The lowest BCUT2D eigenvalue weighted by Gasteiger charge is -2.33. The highest BCUT2D eigenvalue weighted by atomic mass is 28.3. The summed E-state index contributed by atoms with van der Waals surface area (Å²) in [7, 11) is 0.726. The van der Waals surface area contributed by atoms with E-state index in [2.05, 4.69) is 42.4 Å². The zero-order chi connectivity index (χ0) is 10.1. The largest absolute Gasteiger partial charge is 0.396 e. The molecule has 74 valence electrons. The lowest BCUT2D eigenvalue weighted by molar-refractivity contribution is 0.767. The Balaban J connectivity index is 2.91. The number of hydrogen-bond acceptors (Lipinski definition) is 2. The highest BCUT2D eigenvalue weighted by molar-refractivity contribution is 6.79. The molecule has 13 heavy (non-hydrogen) atoms. The molecular formula is C9H19N3Si. The fourth-order valence-corrected chi connectivity index (χ4v) is 3.43. The first kappa shape index (κ1) is 10.3. The van der Waals surface area contributed by atoms with E-state index in [-0.39, 0.29) is 0 Å². The van der Waals surface area contributed by atoms with Gasteiger partial charge in [0.15, 0.2) is 0 Å². The van der Waals surface area contributed by atoms with E-state index in [9.17, 15) is 0 Å². The highest BCUT2D eigenvalue weighted by Gasteiger charge is 2.23. The molecule has 0 bridgehead atoms. The maximum atomic E-state index is 4.20. The van der Waals surface area contributed by atoms with Gasteiger partial charge in [0.2, 0.25) is 0 Å². The summed E-state index contributed by atoms with van der Waals surface area (Å²) in [4.78, 5) is 0. The van der Waals surface area contributed by atoms with Gasteiger partial charge in [-0.3, -0.25) is 4.68 Å². The van der Waals surface area contributed by atoms with E-state index < -0.39 is 8.24 Å². The average molecular weight is 197 g/mol. The van der Waals surface area contributed by atoms with Gasteiger partial charge in [-0.05, 0) is 6.92 Å². The van der Waals surface area contributed by atoms with Gasteiger partial charge in [0.25, 0.3) is 0 Å². The highest BCUT2D eigenvalue weighted by Crippen LogP contribution is 2.19. The van der Waals surface area contributed by atoms with Crippen LogP contribution in [0.15, 0.2) is 12.4 Å². The minimum absolute atomic E-state index is 1.07. The number of aromatic nitrogens is 2. The molecule has 0 saturated heterocycles. The van der Waals surface area contributed by atoms with Crippen LogP contribution in [0.4, 0.5) is 5.69 Å². The fourth-order valence-electron chi connectivity index (χ4n) is 1.59. The molecule has 0 amide bonds. The fraction of sp³-hybridized carbons (Fsp3) is 0.667. The van der Waals surface area contributed by atoms with E-state index in [1.807, 2.05) is 17.9 Å². The second-order valence-electron chi connectivity index (χ2n) is 4.29. The van der Waals surface area contributed by atoms with Crippen LogP contribution in [-0.4, -0.2) is 24.6 Å². The standard InChI is InChI=1S/C9H19N3Si/c1-6-12(13(3,4)5)9-7-10-11(2)8-9/h7-8H,6H2,1-5H3. The molecule has 1 rings (SSSR count). The predicted molar refractivity (Wildman–Crippen MR) is 59.6 cm³/mol. The molecule has 0 N–H and O–H groups in total. The third-order valence-corrected chi connectivity index (χ3v) is 4.32. The zero-order valence-corrected chi connectivity index (χ0v) is 10.2. The SMILES string of the molecule is CCN(c1cnn(C)c1)[Si](C)(C)C. The van der Waals surface area contributed by atoms with Crippen LogP contribution in [0.1, 0.15) is 6.92 Å². The minimum Gasteiger partial charge on any atom is -0.396 e. The Bertz CT molecular complexity index is 275. The summed E-state index contributed by atoms with van der Waals surface area (Å²) in [6.07, 6.45) is 4.03. The van der Waals surface area contributed by atoms with E-state index in [1.54, 1.807) is 0 Å². The second-order valence-corrected chi connectivity index (χ2v) is 9.17. The maximum Gasteiger partial charge on any atom is 0.147 e. The van der Waals surface area contributed by atoms with Crippen LogP contribution in [0.3, 0.4) is 0 Å². The number of hydrogen-bond donors (Lipinski definition) is 0. The summed E-state index contributed by atoms with van der Waals surface area (Å²) in [5.74, 6) is 0. The van der Waals surface area contributed by atoms with Crippen LogP contribution in [0, 0.1) is 0 Å². The van der Waals surface area contributed by atoms with Gasteiger partial charge in [0, 0.05) is 19.8 Å². The molecule has 1 aromatic heterocycles. The lowest BCUT2D eigenvalue weighted by atomic mass is 10.5. The Morgan fingerprint density at radius 2 is 2.08 bits per heavy atom. The van der Waals surface area contributed by atoms with Crippen LogP contribution in [0.5, 0.6) is 0 Å². The lowest BCUT2D eigenvalue weighted by Crippen LogP contribution is -2.45. The summed E-state index contributed by atoms with van der Waals surface area (Å²) in [5.41, 5.74) is 1.25. The molecule has 0 aliphatic heterocycles. The molecule has 3 nitrogen and oxygen atoms in total. The number of aryl methyl sites for hydroxylation is 1. The van der Waals surface area contributed by atoms with Gasteiger partial charge in [-0.15, -0.1) is 0 Å². The van der Waals surface area contributed by atoms with Gasteiger partial charge >= 0.3 is 0 Å². The van der Waals surface area contributed by atoms with E-state index in [0.717, 1.165) is 6.54 Å². The van der Waals surface area contributed by atoms with Crippen molar-refractivity contribution >= 4 is 13.9 Å². The van der Waals surface area contributed by atoms with Gasteiger partial charge in [0.1, 0.15) is 8.24 Å². The Labute approximate surface area is 81.4 Å². The molecule has 0 aromatic carbocycles. The van der Waals surface area contributed by atoms with Gasteiger partial charge in [0.05, 0.1) is 11.9 Å². The minimum atomic E-state index is -1.23. The molecule has 0 fully saturated rings. The Hall–Kier alpha value is -0.773. The van der Waals surface area contributed by atoms with Gasteiger partial charge in [-0.2, -0.15) is 5.10 Å². The molecule has 0 aliphatic carbocycles. The smallest absolute Gasteiger partial charge is 0.147 e. The first-order valence-electron chi connectivity index (χ1n) is 4.71. The molecule has 0 spiro atoms. The Morgan fingerprint density at radius 3 is 2.38 bits per heavy atom. The summed E-state index contributed by atoms with van der Waals surface area (Å²) in [6, 6.07) is 0. The van der Waals surface area contributed by atoms with Crippen LogP contribution in [0.25, 0.3) is 0 Å². The number of rotatable bonds is 3. The van der Waals surface area contributed by atoms with Crippen molar-refractivity contribution in [3.05, 3.63) is 12.4 Å². The van der Waals surface area contributed by atoms with Crippen molar-refractivity contribution in [1.29, 1.82) is 0 Å². The number of nitrogens with zero attached hydrogens (tertiary/aromatic N) is 3. The van der Waals surface area contributed by atoms with Crippen molar-refractivity contribution in [1.82, 2.24) is 9.78 Å². The van der Waals surface area contributed by atoms with E-state index in [4.69, 9.17) is 0 Å². The molecule has 1 aromatic rings. The second kappa shape index (κ2) is 3.53. The van der Waals surface area contributed by atoms with E-state index >= 15 is 0 Å². The third-order valence-electron chi connectivity index (χ3n) is 2.13. The average Bonchev–Trinajstić information content (AvgIpc) is 2.34. The summed E-state index contributed by atoms with van der Waals surface area (Å²) < 4.78 is 4.33. The molecule has 0 unspecified atom stereocenters. The van der Waals surface area contributed by atoms with Crippen molar-refractivity contribution in [3.8, 4) is 0 Å². The van der Waals surface area contributed by atoms with Crippen LogP contribution in [-0.2, 0) is 7.05 Å². The monoisotopic (exact) mass is 197 g/mol. The quantitative estimate of drug-likeness (QED) is 0.692. The predicted octanol–water partition coefficient (Wildman–Crippen LogP) is 2.08. The molecular weight excluding hydrogens is 178 g/mol. The van der Waals surface area contributed by atoms with Crippen LogP contribution in [0.2, 0.25) is 19.6 Å². The molecule has 1 heterocycles. The Kier molecular flexibility index (Phi) is 2.80. The third kappa shape index (κ3) is 2.34. The van der Waals surface area contributed by atoms with Crippen molar-refractivity contribution in [2.75, 3.05) is 11.1 Å². The number of anilines is 1. The summed E-state index contributed by atoms with van der Waals surface area (Å²) >= 11 is 0. The van der Waals surface area contributed by atoms with E-state index in [0.29, 0.717) is 0 Å². The molecule has 4 heteroatoms. The van der Waals surface area contributed by atoms with Crippen molar-refractivity contribution < 1.29 is 0 Å². The van der Waals surface area contributed by atoms with Gasteiger partial charge in [-0.25, -0.2) is 0 Å². The topological polar surface area (TPSA) is 21.1 Å². The molecule has 0 radical (unpaired) electrons.